The molecule has 1 N–H and O–H groups in total. The summed E-state index contributed by atoms with van der Waals surface area (Å²) in [5.41, 5.74) is 0. The molecule has 16 heavy (non-hydrogen) atoms. The summed E-state index contributed by atoms with van der Waals surface area (Å²) in [5, 5.41) is 6.72. The van der Waals surface area contributed by atoms with Crippen molar-refractivity contribution in [3.63, 3.8) is 0 Å². The monoisotopic (exact) mass is 220 g/mol. The largest absolute Gasteiger partial charge is 0.323 e. The smallest absolute Gasteiger partial charge is 0.317 e. The Morgan fingerprint density at radius 2 is 2.19 bits per heavy atom. The third-order valence-electron chi connectivity index (χ3n) is 2.04. The number of rotatable bonds is 5. The Bertz CT molecular complexity index is 373. The van der Waals surface area contributed by atoms with Crippen LogP contribution in [0.5, 0.6) is 0 Å². The molecule has 0 aliphatic heterocycles. The number of amides is 2. The van der Waals surface area contributed by atoms with Crippen LogP contribution in [0.2, 0.25) is 0 Å². The topological polar surface area (TPSA) is 50.2 Å². The van der Waals surface area contributed by atoms with Crippen LogP contribution in [-0.4, -0.2) is 33.8 Å². The van der Waals surface area contributed by atoms with E-state index in [4.69, 9.17) is 0 Å². The highest BCUT2D eigenvalue weighted by atomic mass is 16.2. The van der Waals surface area contributed by atoms with Crippen LogP contribution in [0.15, 0.2) is 37.6 Å². The summed E-state index contributed by atoms with van der Waals surface area (Å²) in [6.45, 7) is 8.18. The summed E-state index contributed by atoms with van der Waals surface area (Å²) in [5.74, 6) is 0.656. The van der Waals surface area contributed by atoms with Crippen molar-refractivity contribution in [1.82, 2.24) is 14.7 Å². The molecule has 0 atom stereocenters. The van der Waals surface area contributed by atoms with Gasteiger partial charge in [-0.1, -0.05) is 12.2 Å². The standard InChI is InChI=1S/C11H16N4O/c1-4-8-15(9-5-2)11(16)13-10-6-7-12-14(10)3/h4-7H,1-2,8-9H2,3H3,(H,13,16). The fraction of sp³-hybridized carbons (Fsp3) is 0.273. The van der Waals surface area contributed by atoms with Crippen LogP contribution < -0.4 is 5.32 Å². The number of urea groups is 1. The predicted molar refractivity (Wildman–Crippen MR) is 64.2 cm³/mol. The van der Waals surface area contributed by atoms with E-state index < -0.39 is 0 Å². The van der Waals surface area contributed by atoms with E-state index in [0.29, 0.717) is 18.9 Å². The molecule has 1 heterocycles. The molecule has 1 rings (SSSR count). The average molecular weight is 220 g/mol. The second-order valence-electron chi connectivity index (χ2n) is 3.25. The van der Waals surface area contributed by atoms with Gasteiger partial charge in [-0.05, 0) is 0 Å². The van der Waals surface area contributed by atoms with E-state index in [2.05, 4.69) is 23.6 Å². The zero-order chi connectivity index (χ0) is 12.0. The summed E-state index contributed by atoms with van der Waals surface area (Å²) in [6.07, 6.45) is 4.97. The lowest BCUT2D eigenvalue weighted by Gasteiger charge is -2.19. The van der Waals surface area contributed by atoms with E-state index in [0.717, 1.165) is 0 Å². The lowest BCUT2D eigenvalue weighted by Crippen LogP contribution is -2.35. The molecule has 0 aliphatic rings. The highest BCUT2D eigenvalue weighted by molar-refractivity contribution is 5.88. The van der Waals surface area contributed by atoms with E-state index in [1.165, 1.54) is 0 Å². The third-order valence-corrected chi connectivity index (χ3v) is 2.04. The first-order valence-electron chi connectivity index (χ1n) is 4.94. The molecule has 0 fully saturated rings. The molecule has 0 spiro atoms. The zero-order valence-electron chi connectivity index (χ0n) is 9.39. The van der Waals surface area contributed by atoms with Gasteiger partial charge in [0.1, 0.15) is 5.82 Å². The fourth-order valence-electron chi connectivity index (χ4n) is 1.24. The minimum absolute atomic E-state index is 0.191. The summed E-state index contributed by atoms with van der Waals surface area (Å²) >= 11 is 0. The first kappa shape index (κ1) is 12.0. The maximum Gasteiger partial charge on any atom is 0.323 e. The van der Waals surface area contributed by atoms with E-state index >= 15 is 0 Å². The SMILES string of the molecule is C=CCN(CC=C)C(=O)Nc1ccnn1C. The van der Waals surface area contributed by atoms with Crippen molar-refractivity contribution in [2.24, 2.45) is 7.05 Å². The lowest BCUT2D eigenvalue weighted by molar-refractivity contribution is 0.222. The van der Waals surface area contributed by atoms with Crippen molar-refractivity contribution < 1.29 is 4.79 Å². The van der Waals surface area contributed by atoms with Crippen molar-refractivity contribution in [2.75, 3.05) is 18.4 Å². The number of aryl methyl sites for hydroxylation is 1. The molecular formula is C11H16N4O. The predicted octanol–water partition coefficient (Wildman–Crippen LogP) is 1.63. The minimum Gasteiger partial charge on any atom is -0.317 e. The van der Waals surface area contributed by atoms with Gasteiger partial charge in [-0.2, -0.15) is 5.10 Å². The second kappa shape index (κ2) is 5.75. The van der Waals surface area contributed by atoms with Crippen molar-refractivity contribution in [2.45, 2.75) is 0 Å². The highest BCUT2D eigenvalue weighted by Crippen LogP contribution is 2.05. The molecule has 2 amide bonds. The van der Waals surface area contributed by atoms with Crippen LogP contribution >= 0.6 is 0 Å². The Balaban J connectivity index is 2.65. The molecule has 5 nitrogen and oxygen atoms in total. The molecular weight excluding hydrogens is 204 g/mol. The van der Waals surface area contributed by atoms with Crippen LogP contribution in [0.1, 0.15) is 0 Å². The molecule has 0 aliphatic carbocycles. The van der Waals surface area contributed by atoms with Crippen LogP contribution in [0.4, 0.5) is 10.6 Å². The molecule has 0 radical (unpaired) electrons. The van der Waals surface area contributed by atoms with Crippen molar-refractivity contribution in [3.8, 4) is 0 Å². The molecule has 1 aromatic rings. The molecule has 0 saturated carbocycles. The molecule has 1 aromatic heterocycles. The van der Waals surface area contributed by atoms with Gasteiger partial charge in [-0.25, -0.2) is 4.79 Å². The molecule has 0 aromatic carbocycles. The number of carbonyl (C=O) groups is 1. The molecule has 0 saturated heterocycles. The molecule has 5 heteroatoms. The summed E-state index contributed by atoms with van der Waals surface area (Å²) in [4.78, 5) is 13.4. The van der Waals surface area contributed by atoms with E-state index in [-0.39, 0.29) is 6.03 Å². The van der Waals surface area contributed by atoms with Crippen molar-refractivity contribution in [3.05, 3.63) is 37.6 Å². The fourth-order valence-corrected chi connectivity index (χ4v) is 1.24. The van der Waals surface area contributed by atoms with E-state index in [1.54, 1.807) is 41.0 Å². The van der Waals surface area contributed by atoms with E-state index in [1.807, 2.05) is 0 Å². The van der Waals surface area contributed by atoms with Crippen LogP contribution in [0, 0.1) is 0 Å². The van der Waals surface area contributed by atoms with Gasteiger partial charge >= 0.3 is 6.03 Å². The Labute approximate surface area is 95.1 Å². The minimum atomic E-state index is -0.191. The van der Waals surface area contributed by atoms with Gasteiger partial charge in [0.2, 0.25) is 0 Å². The van der Waals surface area contributed by atoms with Crippen LogP contribution in [0.3, 0.4) is 0 Å². The van der Waals surface area contributed by atoms with E-state index in [9.17, 15) is 4.79 Å². The van der Waals surface area contributed by atoms with Gasteiger partial charge in [0.05, 0.1) is 6.20 Å². The van der Waals surface area contributed by atoms with Crippen molar-refractivity contribution in [1.29, 1.82) is 0 Å². The number of nitrogens with zero attached hydrogens (tertiary/aromatic N) is 3. The number of anilines is 1. The van der Waals surface area contributed by atoms with Crippen LogP contribution in [0.25, 0.3) is 0 Å². The Morgan fingerprint density at radius 3 is 2.62 bits per heavy atom. The van der Waals surface area contributed by atoms with Crippen molar-refractivity contribution >= 4 is 11.8 Å². The molecule has 86 valence electrons. The number of nitrogens with one attached hydrogen (secondary N) is 1. The quantitative estimate of drug-likeness (QED) is 0.767. The highest BCUT2D eigenvalue weighted by Gasteiger charge is 2.11. The average Bonchev–Trinajstić information content (AvgIpc) is 2.64. The maximum atomic E-state index is 11.8. The zero-order valence-corrected chi connectivity index (χ0v) is 9.39. The number of hydrogen-bond acceptors (Lipinski definition) is 2. The Morgan fingerprint density at radius 1 is 1.56 bits per heavy atom. The normalized spacial score (nSPS) is 9.56. The first-order chi connectivity index (χ1) is 7.69. The van der Waals surface area contributed by atoms with Gasteiger partial charge in [-0.3, -0.25) is 10.00 Å². The third kappa shape index (κ3) is 2.98. The number of hydrogen-bond donors (Lipinski definition) is 1. The van der Waals surface area contributed by atoms with Gasteiger partial charge in [-0.15, -0.1) is 13.2 Å². The summed E-state index contributed by atoms with van der Waals surface area (Å²) < 4.78 is 1.60. The van der Waals surface area contributed by atoms with Crippen LogP contribution in [-0.2, 0) is 7.05 Å². The van der Waals surface area contributed by atoms with Gasteiger partial charge in [0, 0.05) is 26.2 Å². The van der Waals surface area contributed by atoms with Gasteiger partial charge in [0.25, 0.3) is 0 Å². The first-order valence-corrected chi connectivity index (χ1v) is 4.94. The Kier molecular flexibility index (Phi) is 4.32. The number of aromatic nitrogens is 2. The maximum absolute atomic E-state index is 11.8. The molecule has 0 bridgehead atoms. The summed E-state index contributed by atoms with van der Waals surface area (Å²) in [6, 6.07) is 1.54. The summed E-state index contributed by atoms with van der Waals surface area (Å²) in [7, 11) is 1.76. The Hall–Kier alpha value is -2.04. The lowest BCUT2D eigenvalue weighted by atomic mass is 10.4. The second-order valence-corrected chi connectivity index (χ2v) is 3.25. The van der Waals surface area contributed by atoms with Gasteiger partial charge in [0.15, 0.2) is 0 Å². The molecule has 0 unspecified atom stereocenters. The van der Waals surface area contributed by atoms with Gasteiger partial charge < -0.3 is 4.90 Å². The number of carbonyl (C=O) groups excluding carboxylic acids is 1.